The first-order valence-electron chi connectivity index (χ1n) is 7.92. The molecule has 0 radical (unpaired) electrons. The zero-order valence-corrected chi connectivity index (χ0v) is 14.2. The third-order valence-electron chi connectivity index (χ3n) is 3.62. The predicted molar refractivity (Wildman–Crippen MR) is 90.8 cm³/mol. The largest absolute Gasteiger partial charge is 0.326 e. The number of carbonyl (C=O) groups is 1. The first-order valence-corrected chi connectivity index (χ1v) is 7.92. The van der Waals surface area contributed by atoms with Crippen molar-refractivity contribution in [2.75, 3.05) is 25.5 Å². The number of nitrogens with zero attached hydrogens (tertiary/aromatic N) is 1. The van der Waals surface area contributed by atoms with Crippen LogP contribution in [0.25, 0.3) is 0 Å². The molecule has 0 unspecified atom stereocenters. The molecular weight excluding hydrogens is 260 g/mol. The molecule has 0 aromatic heterocycles. The van der Waals surface area contributed by atoms with Crippen LogP contribution >= 0.6 is 0 Å². The molecule has 1 N–H and O–H groups in total. The van der Waals surface area contributed by atoms with Crippen LogP contribution in [0.3, 0.4) is 0 Å². The Kier molecular flexibility index (Phi) is 6.90. The molecule has 1 aromatic rings. The number of unbranched alkanes of at least 4 members (excludes halogenated alkanes) is 1. The van der Waals surface area contributed by atoms with Gasteiger partial charge in [-0.1, -0.05) is 52.3 Å². The molecule has 0 spiro atoms. The first-order chi connectivity index (χ1) is 9.84. The second-order valence-corrected chi connectivity index (χ2v) is 6.75. The van der Waals surface area contributed by atoms with E-state index < -0.39 is 0 Å². The minimum atomic E-state index is 0.0296. The van der Waals surface area contributed by atoms with Gasteiger partial charge in [0.05, 0.1) is 0 Å². The molecule has 0 saturated carbocycles. The summed E-state index contributed by atoms with van der Waals surface area (Å²) in [6.45, 7) is 10.5. The Hall–Kier alpha value is -1.35. The number of hydrogen-bond donors (Lipinski definition) is 1. The average molecular weight is 290 g/mol. The van der Waals surface area contributed by atoms with Crippen LogP contribution in [-0.2, 0) is 10.2 Å². The minimum absolute atomic E-state index is 0.0296. The van der Waals surface area contributed by atoms with E-state index in [1.54, 1.807) is 0 Å². The lowest BCUT2D eigenvalue weighted by Crippen LogP contribution is -2.26. The molecule has 1 amide bonds. The van der Waals surface area contributed by atoms with Crippen molar-refractivity contribution < 1.29 is 4.79 Å². The summed E-state index contributed by atoms with van der Waals surface area (Å²) in [5, 5.41) is 3.06. The van der Waals surface area contributed by atoms with Crippen LogP contribution in [0.5, 0.6) is 0 Å². The van der Waals surface area contributed by atoms with E-state index in [-0.39, 0.29) is 11.3 Å². The van der Waals surface area contributed by atoms with E-state index in [1.165, 1.54) is 18.4 Å². The zero-order chi connectivity index (χ0) is 15.9. The Balaban J connectivity index is 2.56. The second kappa shape index (κ2) is 8.18. The molecule has 0 bridgehead atoms. The minimum Gasteiger partial charge on any atom is -0.326 e. The number of anilines is 1. The lowest BCUT2D eigenvalue weighted by molar-refractivity contribution is -0.116. The van der Waals surface area contributed by atoms with Crippen molar-refractivity contribution in [2.45, 2.75) is 52.4 Å². The summed E-state index contributed by atoms with van der Waals surface area (Å²) in [6.07, 6.45) is 2.92. The molecule has 0 saturated heterocycles. The summed E-state index contributed by atoms with van der Waals surface area (Å²) in [5.74, 6) is 0.0926. The molecule has 0 atom stereocenters. The number of hydrogen-bond acceptors (Lipinski definition) is 2. The highest BCUT2D eigenvalue weighted by Crippen LogP contribution is 2.29. The normalized spacial score (nSPS) is 11.7. The monoisotopic (exact) mass is 290 g/mol. The molecule has 1 aromatic carbocycles. The number of para-hydroxylation sites is 1. The number of rotatable bonds is 7. The lowest BCUT2D eigenvalue weighted by Gasteiger charge is -2.23. The summed E-state index contributed by atoms with van der Waals surface area (Å²) in [6, 6.07) is 8.06. The molecule has 0 aliphatic carbocycles. The van der Waals surface area contributed by atoms with Gasteiger partial charge in [-0.2, -0.15) is 0 Å². The number of carbonyl (C=O) groups excluding carboxylic acids is 1. The number of amides is 1. The smallest absolute Gasteiger partial charge is 0.225 e. The summed E-state index contributed by atoms with van der Waals surface area (Å²) in [7, 11) is 2.08. The van der Waals surface area contributed by atoms with Crippen molar-refractivity contribution in [3.05, 3.63) is 29.8 Å². The van der Waals surface area contributed by atoms with Crippen molar-refractivity contribution >= 4 is 11.6 Å². The van der Waals surface area contributed by atoms with E-state index in [0.717, 1.165) is 18.8 Å². The van der Waals surface area contributed by atoms with Gasteiger partial charge in [-0.05, 0) is 37.1 Å². The van der Waals surface area contributed by atoms with E-state index >= 15 is 0 Å². The SMILES string of the molecule is CCCCN(C)CCC(=O)Nc1ccccc1C(C)(C)C. The third kappa shape index (κ3) is 6.30. The van der Waals surface area contributed by atoms with Gasteiger partial charge in [0.1, 0.15) is 0 Å². The van der Waals surface area contributed by atoms with E-state index in [4.69, 9.17) is 0 Å². The maximum Gasteiger partial charge on any atom is 0.225 e. The lowest BCUT2D eigenvalue weighted by atomic mass is 9.86. The maximum absolute atomic E-state index is 12.1. The van der Waals surface area contributed by atoms with Crippen molar-refractivity contribution in [1.82, 2.24) is 4.90 Å². The quantitative estimate of drug-likeness (QED) is 0.822. The predicted octanol–water partition coefficient (Wildman–Crippen LogP) is 4.04. The Morgan fingerprint density at radius 2 is 1.86 bits per heavy atom. The van der Waals surface area contributed by atoms with Crippen LogP contribution in [0.4, 0.5) is 5.69 Å². The van der Waals surface area contributed by atoms with Gasteiger partial charge >= 0.3 is 0 Å². The Bertz CT molecular complexity index is 449. The fourth-order valence-electron chi connectivity index (χ4n) is 2.29. The highest BCUT2D eigenvalue weighted by molar-refractivity contribution is 5.91. The molecule has 118 valence electrons. The molecule has 1 rings (SSSR count). The Morgan fingerprint density at radius 1 is 1.19 bits per heavy atom. The van der Waals surface area contributed by atoms with E-state index in [0.29, 0.717) is 6.42 Å². The topological polar surface area (TPSA) is 32.3 Å². The van der Waals surface area contributed by atoms with Crippen LogP contribution in [0.1, 0.15) is 52.5 Å². The molecule has 0 aliphatic heterocycles. The molecule has 21 heavy (non-hydrogen) atoms. The fourth-order valence-corrected chi connectivity index (χ4v) is 2.29. The van der Waals surface area contributed by atoms with Crippen LogP contribution in [0.2, 0.25) is 0 Å². The molecule has 0 aliphatic rings. The van der Waals surface area contributed by atoms with Gasteiger partial charge in [-0.15, -0.1) is 0 Å². The van der Waals surface area contributed by atoms with Gasteiger partial charge in [0.25, 0.3) is 0 Å². The second-order valence-electron chi connectivity index (χ2n) is 6.75. The van der Waals surface area contributed by atoms with E-state index in [9.17, 15) is 4.79 Å². The summed E-state index contributed by atoms with van der Waals surface area (Å²) in [4.78, 5) is 14.4. The molecular formula is C18H30N2O. The van der Waals surface area contributed by atoms with Crippen molar-refractivity contribution in [3.8, 4) is 0 Å². The summed E-state index contributed by atoms with van der Waals surface area (Å²) >= 11 is 0. The highest BCUT2D eigenvalue weighted by Gasteiger charge is 2.18. The van der Waals surface area contributed by atoms with Gasteiger partial charge in [-0.25, -0.2) is 0 Å². The molecule has 0 fully saturated rings. The van der Waals surface area contributed by atoms with Crippen LogP contribution < -0.4 is 5.32 Å². The third-order valence-corrected chi connectivity index (χ3v) is 3.62. The van der Waals surface area contributed by atoms with Crippen LogP contribution in [0.15, 0.2) is 24.3 Å². The Morgan fingerprint density at radius 3 is 2.48 bits per heavy atom. The van der Waals surface area contributed by atoms with Gasteiger partial charge in [0, 0.05) is 18.7 Å². The van der Waals surface area contributed by atoms with Crippen LogP contribution in [0, 0.1) is 0 Å². The highest BCUT2D eigenvalue weighted by atomic mass is 16.1. The maximum atomic E-state index is 12.1. The summed E-state index contributed by atoms with van der Waals surface area (Å²) < 4.78 is 0. The first kappa shape index (κ1) is 17.7. The molecule has 0 heterocycles. The zero-order valence-electron chi connectivity index (χ0n) is 14.2. The van der Waals surface area contributed by atoms with Gasteiger partial charge in [0.15, 0.2) is 0 Å². The molecule has 3 nitrogen and oxygen atoms in total. The number of nitrogens with one attached hydrogen (secondary N) is 1. The summed E-state index contributed by atoms with van der Waals surface area (Å²) in [5.41, 5.74) is 2.14. The fraction of sp³-hybridized carbons (Fsp3) is 0.611. The van der Waals surface area contributed by atoms with Gasteiger partial charge < -0.3 is 10.2 Å². The Labute approximate surface area is 129 Å². The number of benzene rings is 1. The standard InChI is InChI=1S/C18H30N2O/c1-6-7-13-20(5)14-12-17(21)19-16-11-9-8-10-15(16)18(2,3)4/h8-11H,6-7,12-14H2,1-5H3,(H,19,21). The van der Waals surface area contributed by atoms with Crippen molar-refractivity contribution in [1.29, 1.82) is 0 Å². The van der Waals surface area contributed by atoms with E-state index in [2.05, 4.69) is 51.0 Å². The van der Waals surface area contributed by atoms with E-state index in [1.807, 2.05) is 18.2 Å². The molecule has 3 heteroatoms. The van der Waals surface area contributed by atoms with Crippen LogP contribution in [-0.4, -0.2) is 30.9 Å². The van der Waals surface area contributed by atoms with Crippen molar-refractivity contribution in [3.63, 3.8) is 0 Å². The van der Waals surface area contributed by atoms with Crippen molar-refractivity contribution in [2.24, 2.45) is 0 Å². The van der Waals surface area contributed by atoms with Gasteiger partial charge in [-0.3, -0.25) is 4.79 Å². The average Bonchev–Trinajstić information content (AvgIpc) is 2.42. The van der Waals surface area contributed by atoms with Gasteiger partial charge in [0.2, 0.25) is 5.91 Å².